The van der Waals surface area contributed by atoms with Gasteiger partial charge in [-0.3, -0.25) is 0 Å². The first-order valence-electron chi connectivity index (χ1n) is 11.3. The number of thiazole rings is 1. The highest BCUT2D eigenvalue weighted by Crippen LogP contribution is 2.16. The van der Waals surface area contributed by atoms with Gasteiger partial charge in [-0.2, -0.15) is 15.4 Å². The number of nitrogens with zero attached hydrogens (tertiary/aromatic N) is 3. The average Bonchev–Trinajstić information content (AvgIpc) is 3.52. The number of hydrogen-bond acceptors (Lipinski definition) is 5. The van der Waals surface area contributed by atoms with Gasteiger partial charge in [-0.05, 0) is 49.6 Å². The third kappa shape index (κ3) is 9.43. The topological polar surface area (TPSA) is 66.5 Å². The molecule has 1 aliphatic rings. The van der Waals surface area contributed by atoms with E-state index >= 15 is 0 Å². The van der Waals surface area contributed by atoms with E-state index in [1.807, 2.05) is 61.8 Å². The second-order valence-corrected chi connectivity index (χ2v) is 7.55. The van der Waals surface area contributed by atoms with E-state index < -0.39 is 0 Å². The molecule has 3 heterocycles. The summed E-state index contributed by atoms with van der Waals surface area (Å²) in [5.41, 5.74) is 7.28. The molecule has 5 nitrogen and oxygen atoms in total. The van der Waals surface area contributed by atoms with Crippen LogP contribution in [0.3, 0.4) is 0 Å². The minimum atomic E-state index is 0.914. The normalized spacial score (nSPS) is 13.3. The summed E-state index contributed by atoms with van der Waals surface area (Å²) in [7, 11) is 0. The van der Waals surface area contributed by atoms with Crippen LogP contribution < -0.4 is 5.32 Å². The smallest absolute Gasteiger partial charge is 0.112 e. The lowest BCUT2D eigenvalue weighted by Gasteiger charge is -2.18. The van der Waals surface area contributed by atoms with Crippen LogP contribution in [0.2, 0.25) is 0 Å². The first-order valence-corrected chi connectivity index (χ1v) is 12.2. The fraction of sp³-hybridized carbons (Fsp3) is 0.346. The van der Waals surface area contributed by atoms with Crippen molar-refractivity contribution in [3.63, 3.8) is 0 Å². The third-order valence-corrected chi connectivity index (χ3v) is 4.97. The largest absolute Gasteiger partial charge is 0.385 e. The van der Waals surface area contributed by atoms with Gasteiger partial charge in [0.05, 0.1) is 15.7 Å². The van der Waals surface area contributed by atoms with E-state index in [1.54, 1.807) is 11.3 Å². The molecule has 0 saturated carbocycles. The van der Waals surface area contributed by atoms with Crippen LogP contribution in [0, 0.1) is 0 Å². The molecule has 0 spiro atoms. The minimum absolute atomic E-state index is 0.914. The number of allylic oxidation sites excluding steroid dienone is 2. The Bertz CT molecular complexity index is 922. The monoisotopic (exact) mass is 451 g/mol. The van der Waals surface area contributed by atoms with Crippen LogP contribution in [0.25, 0.3) is 21.3 Å². The highest BCUT2D eigenvalue weighted by atomic mass is 32.1. The minimum Gasteiger partial charge on any atom is -0.385 e. The number of para-hydroxylation sites is 3. The van der Waals surface area contributed by atoms with Gasteiger partial charge in [-0.25, -0.2) is 4.98 Å². The Kier molecular flexibility index (Phi) is 14.1. The van der Waals surface area contributed by atoms with E-state index in [1.165, 1.54) is 29.5 Å². The van der Waals surface area contributed by atoms with E-state index in [2.05, 4.69) is 65.2 Å². The molecule has 172 valence electrons. The number of H-pyrrole nitrogens is 1. The van der Waals surface area contributed by atoms with Crippen LogP contribution in [-0.2, 0) is 0 Å². The molecule has 5 rings (SSSR count). The van der Waals surface area contributed by atoms with Crippen molar-refractivity contribution in [3.05, 3.63) is 78.0 Å². The van der Waals surface area contributed by atoms with Crippen molar-refractivity contribution < 1.29 is 0 Å². The highest BCUT2D eigenvalue weighted by molar-refractivity contribution is 7.16. The molecule has 1 saturated heterocycles. The van der Waals surface area contributed by atoms with Crippen LogP contribution in [0.4, 0.5) is 0 Å². The first kappa shape index (κ1) is 27.0. The molecule has 1 fully saturated rings. The lowest BCUT2D eigenvalue weighted by molar-refractivity contribution is 0.670. The molecule has 0 radical (unpaired) electrons. The van der Waals surface area contributed by atoms with Gasteiger partial charge in [0, 0.05) is 12.2 Å². The molecule has 0 atom stereocenters. The molecule has 32 heavy (non-hydrogen) atoms. The van der Waals surface area contributed by atoms with Gasteiger partial charge in [0.25, 0.3) is 0 Å². The van der Waals surface area contributed by atoms with Crippen molar-refractivity contribution >= 4 is 32.6 Å². The van der Waals surface area contributed by atoms with Gasteiger partial charge in [-0.15, -0.1) is 11.3 Å². The highest BCUT2D eigenvalue weighted by Gasteiger charge is 2.05. The molecule has 0 aliphatic carbocycles. The Morgan fingerprint density at radius 3 is 2.03 bits per heavy atom. The van der Waals surface area contributed by atoms with E-state index in [-0.39, 0.29) is 0 Å². The number of benzene rings is 2. The molecule has 4 aromatic rings. The number of piperidine rings is 1. The van der Waals surface area contributed by atoms with Crippen LogP contribution in [0.15, 0.2) is 78.0 Å². The number of nitrogens with one attached hydrogen (secondary N) is 2. The number of hydrogen-bond donors (Lipinski definition) is 2. The van der Waals surface area contributed by atoms with Gasteiger partial charge in [0.15, 0.2) is 0 Å². The summed E-state index contributed by atoms with van der Waals surface area (Å²) in [5.74, 6) is 0. The first-order chi connectivity index (χ1) is 15.7. The van der Waals surface area contributed by atoms with Gasteiger partial charge in [-0.1, -0.05) is 71.0 Å². The van der Waals surface area contributed by atoms with Crippen molar-refractivity contribution in [3.8, 4) is 0 Å². The lowest BCUT2D eigenvalue weighted by Crippen LogP contribution is -2.20. The zero-order valence-electron chi connectivity index (χ0n) is 20.1. The van der Waals surface area contributed by atoms with Crippen LogP contribution in [0.5, 0.6) is 0 Å². The molecule has 0 amide bonds. The lowest BCUT2D eigenvalue weighted by atomic mass is 10.0. The second kappa shape index (κ2) is 16.7. The van der Waals surface area contributed by atoms with E-state index in [0.717, 1.165) is 28.8 Å². The molecule has 6 heteroatoms. The van der Waals surface area contributed by atoms with Crippen LogP contribution in [-0.4, -0.2) is 26.9 Å². The summed E-state index contributed by atoms with van der Waals surface area (Å²) in [6, 6.07) is 15.8. The third-order valence-electron chi connectivity index (χ3n) is 4.16. The summed E-state index contributed by atoms with van der Waals surface area (Å²) in [5, 5.41) is 13.5. The van der Waals surface area contributed by atoms with Crippen molar-refractivity contribution in [1.29, 1.82) is 0 Å². The van der Waals surface area contributed by atoms with Crippen LogP contribution >= 0.6 is 11.3 Å². The quantitative estimate of drug-likeness (QED) is 0.290. The van der Waals surface area contributed by atoms with E-state index in [0.29, 0.717) is 0 Å². The van der Waals surface area contributed by atoms with Gasteiger partial charge in [0.2, 0.25) is 0 Å². The maximum Gasteiger partial charge on any atom is 0.112 e. The molecule has 2 aromatic heterocycles. The predicted molar refractivity (Wildman–Crippen MR) is 141 cm³/mol. The summed E-state index contributed by atoms with van der Waals surface area (Å²) < 4.78 is 1.26. The fourth-order valence-corrected chi connectivity index (χ4v) is 3.37. The van der Waals surface area contributed by atoms with Crippen molar-refractivity contribution in [1.82, 2.24) is 25.7 Å². The van der Waals surface area contributed by atoms with Crippen molar-refractivity contribution in [2.24, 2.45) is 0 Å². The van der Waals surface area contributed by atoms with E-state index in [4.69, 9.17) is 0 Å². The Morgan fingerprint density at radius 1 is 0.969 bits per heavy atom. The zero-order chi connectivity index (χ0) is 23.6. The Morgan fingerprint density at radius 2 is 1.53 bits per heavy atom. The maximum absolute atomic E-state index is 4.14. The molecular formula is C26H37N5S. The van der Waals surface area contributed by atoms with Gasteiger partial charge >= 0.3 is 0 Å². The van der Waals surface area contributed by atoms with Crippen molar-refractivity contribution in [2.45, 2.75) is 53.9 Å². The fourth-order valence-electron chi connectivity index (χ4n) is 2.69. The van der Waals surface area contributed by atoms with Crippen molar-refractivity contribution in [2.75, 3.05) is 6.54 Å². The SMILES string of the molecule is C=C1NCCC/C1=C/C.CC.CCC.c1ccc2n[nH]nc2c1.c1ccc2scnc2c1. The number of rotatable bonds is 0. The molecule has 1 aliphatic heterocycles. The zero-order valence-corrected chi connectivity index (χ0v) is 20.9. The average molecular weight is 452 g/mol. The van der Waals surface area contributed by atoms with Crippen LogP contribution in [0.1, 0.15) is 53.9 Å². The molecule has 2 N–H and O–H groups in total. The second-order valence-electron chi connectivity index (χ2n) is 6.66. The summed E-state index contributed by atoms with van der Waals surface area (Å²) in [4.78, 5) is 4.14. The Hall–Kier alpha value is -2.99. The summed E-state index contributed by atoms with van der Waals surface area (Å²) >= 11 is 1.68. The molecular weight excluding hydrogens is 414 g/mol. The van der Waals surface area contributed by atoms with Gasteiger partial charge in [0.1, 0.15) is 11.0 Å². The molecule has 0 bridgehead atoms. The summed E-state index contributed by atoms with van der Waals surface area (Å²) in [6.45, 7) is 15.3. The molecule has 0 unspecified atom stereocenters. The standard InChI is InChI=1S/C8H13N.C7H5NS.C6H5N3.C3H8.C2H6/c1-3-8-5-4-6-9-7(8)2;1-2-4-7-6(3-1)8-5-9-7;1-2-4-6-5(3-1)7-9-8-6;1-3-2;1-2/h3,9H,2,4-6H2,1H3;1-5H;1-4H,(H,7,8,9);3H2,1-2H3;1-2H3/b8-3-;;;;. The summed E-state index contributed by atoms with van der Waals surface area (Å²) in [6.07, 6.45) is 5.83. The number of aromatic nitrogens is 4. The molecule has 2 aromatic carbocycles. The number of fused-ring (bicyclic) bond motifs is 2. The van der Waals surface area contributed by atoms with Gasteiger partial charge < -0.3 is 5.32 Å². The Labute approximate surface area is 196 Å². The Balaban J connectivity index is 0.000000218. The maximum atomic E-state index is 4.14. The number of aromatic amines is 1. The van der Waals surface area contributed by atoms with E-state index in [9.17, 15) is 0 Å². The predicted octanol–water partition coefficient (Wildman–Crippen LogP) is 7.53.